The molecule has 1 aliphatic heterocycles. The van der Waals surface area contributed by atoms with Crippen LogP contribution in [0.5, 0.6) is 0 Å². The minimum absolute atomic E-state index is 0.151. The summed E-state index contributed by atoms with van der Waals surface area (Å²) in [5, 5.41) is 0. The van der Waals surface area contributed by atoms with E-state index in [1.807, 2.05) is 0 Å². The van der Waals surface area contributed by atoms with E-state index in [1.54, 1.807) is 6.08 Å². The van der Waals surface area contributed by atoms with E-state index in [9.17, 15) is 4.79 Å². The number of hydrogen-bond acceptors (Lipinski definition) is 3. The van der Waals surface area contributed by atoms with Gasteiger partial charge in [0.25, 0.3) is 0 Å². The van der Waals surface area contributed by atoms with Gasteiger partial charge in [-0.2, -0.15) is 4.99 Å². The number of ether oxygens (including phenoxy) is 1. The van der Waals surface area contributed by atoms with Gasteiger partial charge >= 0.3 is 0 Å². The van der Waals surface area contributed by atoms with E-state index in [1.165, 1.54) is 6.42 Å². The number of isocyanates is 1. The fraction of sp³-hybridized carbons (Fsp3) is 0.889. The summed E-state index contributed by atoms with van der Waals surface area (Å²) in [6, 6.07) is 0. The molecule has 1 aliphatic carbocycles. The number of carbonyl (C=O) groups excluding carboxylic acids is 1. The van der Waals surface area contributed by atoms with Crippen LogP contribution >= 0.6 is 0 Å². The lowest BCUT2D eigenvalue weighted by Gasteiger charge is -2.26. The Labute approximate surface area is 71.8 Å². The van der Waals surface area contributed by atoms with E-state index >= 15 is 0 Å². The molecule has 0 bridgehead atoms. The van der Waals surface area contributed by atoms with E-state index in [0.29, 0.717) is 0 Å². The summed E-state index contributed by atoms with van der Waals surface area (Å²) in [6.07, 6.45) is 7.30. The van der Waals surface area contributed by atoms with Gasteiger partial charge in [-0.25, -0.2) is 4.79 Å². The minimum atomic E-state index is -0.151. The molecule has 1 saturated heterocycles. The molecule has 2 fully saturated rings. The Balaban J connectivity index is 2.02. The molecule has 3 nitrogen and oxygen atoms in total. The molecule has 1 unspecified atom stereocenters. The van der Waals surface area contributed by atoms with Crippen LogP contribution in [0, 0.1) is 0 Å². The first-order valence-electron chi connectivity index (χ1n) is 4.58. The molecule has 1 atom stereocenters. The molecule has 0 aromatic rings. The van der Waals surface area contributed by atoms with Crippen LogP contribution in [0.2, 0.25) is 0 Å². The largest absolute Gasteiger partial charge is 0.376 e. The van der Waals surface area contributed by atoms with Gasteiger partial charge in [0.05, 0.1) is 11.6 Å². The molecule has 66 valence electrons. The number of rotatable bonds is 2. The Kier molecular flexibility index (Phi) is 1.99. The summed E-state index contributed by atoms with van der Waals surface area (Å²) >= 11 is 0. The fourth-order valence-electron chi connectivity index (χ4n) is 1.89. The molecule has 2 aliphatic rings. The van der Waals surface area contributed by atoms with Crippen molar-refractivity contribution in [2.45, 2.75) is 43.7 Å². The molecule has 1 saturated carbocycles. The molecule has 0 spiro atoms. The van der Waals surface area contributed by atoms with Gasteiger partial charge in [0.2, 0.25) is 6.08 Å². The second-order valence-corrected chi connectivity index (χ2v) is 3.66. The summed E-state index contributed by atoms with van der Waals surface area (Å²) in [4.78, 5) is 14.0. The first-order chi connectivity index (χ1) is 5.87. The van der Waals surface area contributed by atoms with Crippen LogP contribution in [-0.2, 0) is 9.53 Å². The second-order valence-electron chi connectivity index (χ2n) is 3.66. The van der Waals surface area contributed by atoms with Gasteiger partial charge < -0.3 is 4.74 Å². The fourth-order valence-corrected chi connectivity index (χ4v) is 1.89. The lowest BCUT2D eigenvalue weighted by Crippen LogP contribution is -2.32. The number of hydrogen-bond donors (Lipinski definition) is 0. The van der Waals surface area contributed by atoms with Gasteiger partial charge in [0.1, 0.15) is 0 Å². The first kappa shape index (κ1) is 7.96. The van der Waals surface area contributed by atoms with Crippen LogP contribution in [0.25, 0.3) is 0 Å². The lowest BCUT2D eigenvalue weighted by molar-refractivity contribution is -0.00530. The van der Waals surface area contributed by atoms with Crippen molar-refractivity contribution < 1.29 is 9.53 Å². The van der Waals surface area contributed by atoms with Crippen molar-refractivity contribution in [2.75, 3.05) is 6.61 Å². The normalized spacial score (nSPS) is 32.2. The molecule has 0 aromatic heterocycles. The van der Waals surface area contributed by atoms with Crippen molar-refractivity contribution in [3.05, 3.63) is 0 Å². The van der Waals surface area contributed by atoms with Gasteiger partial charge in [-0.3, -0.25) is 0 Å². The van der Waals surface area contributed by atoms with Crippen LogP contribution in [0.4, 0.5) is 0 Å². The third kappa shape index (κ3) is 1.30. The van der Waals surface area contributed by atoms with Crippen molar-refractivity contribution in [1.82, 2.24) is 0 Å². The molecule has 1 heterocycles. The first-order valence-corrected chi connectivity index (χ1v) is 4.58. The maximum absolute atomic E-state index is 10.2. The zero-order valence-corrected chi connectivity index (χ0v) is 7.08. The van der Waals surface area contributed by atoms with Crippen LogP contribution in [-0.4, -0.2) is 24.3 Å². The summed E-state index contributed by atoms with van der Waals surface area (Å²) < 4.78 is 5.59. The zero-order valence-electron chi connectivity index (χ0n) is 7.08. The smallest absolute Gasteiger partial charge is 0.235 e. The van der Waals surface area contributed by atoms with Crippen LogP contribution in [0.1, 0.15) is 32.1 Å². The average molecular weight is 167 g/mol. The quantitative estimate of drug-likeness (QED) is 0.461. The summed E-state index contributed by atoms with van der Waals surface area (Å²) in [7, 11) is 0. The van der Waals surface area contributed by atoms with Gasteiger partial charge in [-0.1, -0.05) is 0 Å². The summed E-state index contributed by atoms with van der Waals surface area (Å²) in [5.41, 5.74) is -0.151. The highest BCUT2D eigenvalue weighted by Gasteiger charge is 2.51. The van der Waals surface area contributed by atoms with E-state index in [-0.39, 0.29) is 11.6 Å². The third-order valence-corrected chi connectivity index (χ3v) is 2.81. The average Bonchev–Trinajstić information content (AvgIpc) is 2.88. The van der Waals surface area contributed by atoms with E-state index < -0.39 is 0 Å². The summed E-state index contributed by atoms with van der Waals surface area (Å²) in [5.74, 6) is 0. The van der Waals surface area contributed by atoms with E-state index in [0.717, 1.165) is 32.3 Å². The topological polar surface area (TPSA) is 38.7 Å². The SMILES string of the molecule is O=C=NC1(C2CCCCO2)CC1. The van der Waals surface area contributed by atoms with Gasteiger partial charge in [0, 0.05) is 6.61 Å². The Morgan fingerprint density at radius 2 is 2.25 bits per heavy atom. The van der Waals surface area contributed by atoms with Crippen molar-refractivity contribution in [1.29, 1.82) is 0 Å². The maximum atomic E-state index is 10.2. The van der Waals surface area contributed by atoms with Crippen molar-refractivity contribution in [3.63, 3.8) is 0 Å². The van der Waals surface area contributed by atoms with Crippen LogP contribution < -0.4 is 0 Å². The van der Waals surface area contributed by atoms with Crippen molar-refractivity contribution >= 4 is 6.08 Å². The Bertz CT molecular complexity index is 211. The summed E-state index contributed by atoms with van der Waals surface area (Å²) in [6.45, 7) is 0.834. The number of nitrogens with zero attached hydrogens (tertiary/aromatic N) is 1. The minimum Gasteiger partial charge on any atom is -0.376 e. The molecule has 3 heteroatoms. The highest BCUT2D eigenvalue weighted by atomic mass is 16.5. The molecule has 0 amide bonds. The lowest BCUT2D eigenvalue weighted by atomic mass is 10.0. The predicted octanol–water partition coefficient (Wildman–Crippen LogP) is 1.42. The molecular formula is C9H13NO2. The molecular weight excluding hydrogens is 154 g/mol. The Morgan fingerprint density at radius 1 is 1.42 bits per heavy atom. The van der Waals surface area contributed by atoms with Gasteiger partial charge in [0.15, 0.2) is 0 Å². The highest BCUT2D eigenvalue weighted by molar-refractivity contribution is 5.37. The van der Waals surface area contributed by atoms with Crippen molar-refractivity contribution in [2.24, 2.45) is 4.99 Å². The Hall–Kier alpha value is -0.660. The van der Waals surface area contributed by atoms with Crippen molar-refractivity contribution in [3.8, 4) is 0 Å². The van der Waals surface area contributed by atoms with E-state index in [2.05, 4.69) is 4.99 Å². The van der Waals surface area contributed by atoms with E-state index in [4.69, 9.17) is 4.74 Å². The standard InChI is InChI=1S/C9H13NO2/c11-7-10-9(4-5-9)8-3-1-2-6-12-8/h8H,1-6H2. The second kappa shape index (κ2) is 3.00. The third-order valence-electron chi connectivity index (χ3n) is 2.81. The Morgan fingerprint density at radius 3 is 2.75 bits per heavy atom. The highest BCUT2D eigenvalue weighted by Crippen LogP contribution is 2.46. The van der Waals surface area contributed by atoms with Gasteiger partial charge in [-0.05, 0) is 32.1 Å². The molecule has 0 N–H and O–H groups in total. The molecule has 0 aromatic carbocycles. The number of aliphatic imine (C=N–C) groups is 1. The van der Waals surface area contributed by atoms with Gasteiger partial charge in [-0.15, -0.1) is 0 Å². The molecule has 12 heavy (non-hydrogen) atoms. The molecule has 2 rings (SSSR count). The monoisotopic (exact) mass is 167 g/mol. The maximum Gasteiger partial charge on any atom is 0.235 e. The predicted molar refractivity (Wildman–Crippen MR) is 43.7 cm³/mol. The molecule has 0 radical (unpaired) electrons. The van der Waals surface area contributed by atoms with Crippen LogP contribution in [0.15, 0.2) is 4.99 Å². The van der Waals surface area contributed by atoms with Crippen LogP contribution in [0.3, 0.4) is 0 Å². The zero-order chi connectivity index (χ0) is 8.44.